The summed E-state index contributed by atoms with van der Waals surface area (Å²) >= 11 is 12.6. The Balaban J connectivity index is 1.78. The average Bonchev–Trinajstić information content (AvgIpc) is 3.03. The van der Waals surface area contributed by atoms with E-state index in [0.29, 0.717) is 33.9 Å². The molecule has 3 aromatic rings. The number of fused-ring (bicyclic) bond motifs is 1. The van der Waals surface area contributed by atoms with Crippen molar-refractivity contribution in [3.8, 4) is 23.3 Å². The lowest BCUT2D eigenvalue weighted by Crippen LogP contribution is -2.41. The van der Waals surface area contributed by atoms with Crippen molar-refractivity contribution in [1.82, 2.24) is 4.90 Å². The molecule has 0 saturated carbocycles. The number of halogens is 2. The molecule has 1 atom stereocenters. The van der Waals surface area contributed by atoms with Crippen molar-refractivity contribution in [2.45, 2.75) is 12.6 Å². The zero-order valence-corrected chi connectivity index (χ0v) is 20.9. The SMILES string of the molecule is COc1ccc(CN2C(=O)COc3c(ccc(Cl)c3Cl)C2C(=O)Nc2ccc(C#N)cc2)c(OC)c1. The molecule has 0 aromatic heterocycles. The maximum absolute atomic E-state index is 13.7. The van der Waals surface area contributed by atoms with Gasteiger partial charge in [-0.2, -0.15) is 5.26 Å². The first-order valence-electron chi connectivity index (χ1n) is 10.8. The van der Waals surface area contributed by atoms with Crippen molar-refractivity contribution >= 4 is 40.7 Å². The number of hydrogen-bond acceptors (Lipinski definition) is 6. The minimum atomic E-state index is -1.10. The van der Waals surface area contributed by atoms with Gasteiger partial charge in [-0.1, -0.05) is 29.3 Å². The number of nitriles is 1. The van der Waals surface area contributed by atoms with Crippen molar-refractivity contribution in [2.75, 3.05) is 26.1 Å². The Bertz CT molecular complexity index is 1350. The van der Waals surface area contributed by atoms with Gasteiger partial charge in [0.2, 0.25) is 0 Å². The standard InChI is InChI=1S/C26H21Cl2N3O5/c1-34-18-8-5-16(21(11-18)35-2)13-31-22(32)14-36-25-19(9-10-20(27)23(25)28)24(31)26(33)30-17-6-3-15(12-29)4-7-17/h3-11,24H,13-14H2,1-2H3,(H,30,33). The van der Waals surface area contributed by atoms with Crippen molar-refractivity contribution in [3.63, 3.8) is 0 Å². The number of benzene rings is 3. The van der Waals surface area contributed by atoms with Gasteiger partial charge in [-0.3, -0.25) is 9.59 Å². The van der Waals surface area contributed by atoms with Gasteiger partial charge in [0.05, 0.1) is 37.4 Å². The summed E-state index contributed by atoms with van der Waals surface area (Å²) in [6.45, 7) is -0.299. The van der Waals surface area contributed by atoms with E-state index in [2.05, 4.69) is 5.32 Å². The number of nitrogens with one attached hydrogen (secondary N) is 1. The number of methoxy groups -OCH3 is 2. The largest absolute Gasteiger partial charge is 0.497 e. The molecule has 36 heavy (non-hydrogen) atoms. The van der Waals surface area contributed by atoms with Gasteiger partial charge < -0.3 is 24.4 Å². The second-order valence-corrected chi connectivity index (χ2v) is 8.63. The Labute approximate surface area is 217 Å². The molecule has 1 aliphatic heterocycles. The van der Waals surface area contributed by atoms with Crippen molar-refractivity contribution in [1.29, 1.82) is 5.26 Å². The number of nitrogens with zero attached hydrogens (tertiary/aromatic N) is 2. The molecule has 0 radical (unpaired) electrons. The lowest BCUT2D eigenvalue weighted by molar-refractivity contribution is -0.140. The molecule has 2 amide bonds. The Hall–Kier alpha value is -3.93. The molecule has 0 bridgehead atoms. The lowest BCUT2D eigenvalue weighted by atomic mass is 10.0. The molecule has 184 valence electrons. The van der Waals surface area contributed by atoms with Crippen molar-refractivity contribution < 1.29 is 23.8 Å². The Morgan fingerprint density at radius 1 is 1.14 bits per heavy atom. The highest BCUT2D eigenvalue weighted by Crippen LogP contribution is 2.42. The van der Waals surface area contributed by atoms with E-state index < -0.39 is 17.9 Å². The fourth-order valence-corrected chi connectivity index (χ4v) is 4.28. The van der Waals surface area contributed by atoms with Crippen LogP contribution in [0, 0.1) is 11.3 Å². The van der Waals surface area contributed by atoms with Gasteiger partial charge in [0.1, 0.15) is 28.3 Å². The lowest BCUT2D eigenvalue weighted by Gasteiger charge is -2.30. The molecule has 0 saturated heterocycles. The van der Waals surface area contributed by atoms with E-state index in [-0.39, 0.29) is 28.9 Å². The minimum Gasteiger partial charge on any atom is -0.497 e. The average molecular weight is 526 g/mol. The van der Waals surface area contributed by atoms with Crippen LogP contribution < -0.4 is 19.5 Å². The maximum atomic E-state index is 13.7. The summed E-state index contributed by atoms with van der Waals surface area (Å²) in [4.78, 5) is 28.4. The third kappa shape index (κ3) is 5.03. The number of carbonyl (C=O) groups excluding carboxylic acids is 2. The van der Waals surface area contributed by atoms with Gasteiger partial charge in [0.25, 0.3) is 11.8 Å². The molecular weight excluding hydrogens is 505 g/mol. The van der Waals surface area contributed by atoms with Crippen LogP contribution in [0.1, 0.15) is 22.7 Å². The molecule has 10 heteroatoms. The summed E-state index contributed by atoms with van der Waals surface area (Å²) in [7, 11) is 3.05. The van der Waals surface area contributed by atoms with E-state index in [9.17, 15) is 9.59 Å². The fourth-order valence-electron chi connectivity index (χ4n) is 3.90. The third-order valence-corrected chi connectivity index (χ3v) is 6.50. The summed E-state index contributed by atoms with van der Waals surface area (Å²) in [6.07, 6.45) is 0. The Morgan fingerprint density at radius 3 is 2.56 bits per heavy atom. The second kappa shape index (κ2) is 10.8. The van der Waals surface area contributed by atoms with E-state index >= 15 is 0 Å². The van der Waals surface area contributed by atoms with Crippen LogP contribution in [0.2, 0.25) is 10.0 Å². The Kier molecular flexibility index (Phi) is 7.53. The van der Waals surface area contributed by atoms with Crippen LogP contribution in [0.25, 0.3) is 0 Å². The monoisotopic (exact) mass is 525 g/mol. The molecule has 0 fully saturated rings. The third-order valence-electron chi connectivity index (χ3n) is 5.71. The fraction of sp³-hybridized carbons (Fsp3) is 0.192. The zero-order valence-electron chi connectivity index (χ0n) is 19.4. The molecule has 1 unspecified atom stereocenters. The number of anilines is 1. The number of carbonyl (C=O) groups is 2. The molecule has 1 heterocycles. The highest BCUT2D eigenvalue weighted by Gasteiger charge is 2.38. The van der Waals surface area contributed by atoms with Gasteiger partial charge >= 0.3 is 0 Å². The molecule has 4 rings (SSSR count). The van der Waals surface area contributed by atoms with Crippen LogP contribution in [0.3, 0.4) is 0 Å². The van der Waals surface area contributed by atoms with Crippen LogP contribution in [-0.2, 0) is 16.1 Å². The predicted molar refractivity (Wildman–Crippen MR) is 135 cm³/mol. The van der Waals surface area contributed by atoms with Gasteiger partial charge in [-0.05, 0) is 42.5 Å². The summed E-state index contributed by atoms with van der Waals surface area (Å²) in [5, 5.41) is 12.2. The van der Waals surface area contributed by atoms with E-state index in [1.807, 2.05) is 6.07 Å². The number of rotatable bonds is 6. The molecular formula is C26H21Cl2N3O5. The van der Waals surface area contributed by atoms with Crippen LogP contribution in [0.4, 0.5) is 5.69 Å². The highest BCUT2D eigenvalue weighted by molar-refractivity contribution is 6.43. The Morgan fingerprint density at radius 2 is 1.89 bits per heavy atom. The first kappa shape index (κ1) is 25.2. The summed E-state index contributed by atoms with van der Waals surface area (Å²) in [6, 6.07) is 15.7. The molecule has 3 aromatic carbocycles. The number of hydrogen-bond donors (Lipinski definition) is 1. The van der Waals surface area contributed by atoms with E-state index in [4.69, 9.17) is 42.7 Å². The molecule has 1 N–H and O–H groups in total. The topological polar surface area (TPSA) is 101 Å². The van der Waals surface area contributed by atoms with Crippen LogP contribution in [0.15, 0.2) is 54.6 Å². The normalized spacial score (nSPS) is 14.7. The molecule has 0 aliphatic carbocycles. The maximum Gasteiger partial charge on any atom is 0.261 e. The first-order valence-corrected chi connectivity index (χ1v) is 11.5. The summed E-state index contributed by atoms with van der Waals surface area (Å²) in [5.41, 5.74) is 1.95. The highest BCUT2D eigenvalue weighted by atomic mass is 35.5. The van der Waals surface area contributed by atoms with Crippen LogP contribution >= 0.6 is 23.2 Å². The zero-order chi connectivity index (χ0) is 25.8. The van der Waals surface area contributed by atoms with Gasteiger partial charge in [-0.15, -0.1) is 0 Å². The van der Waals surface area contributed by atoms with Gasteiger partial charge in [0.15, 0.2) is 6.61 Å². The van der Waals surface area contributed by atoms with Crippen molar-refractivity contribution in [3.05, 3.63) is 81.3 Å². The first-order chi connectivity index (χ1) is 17.4. The van der Waals surface area contributed by atoms with E-state index in [0.717, 1.165) is 0 Å². The van der Waals surface area contributed by atoms with Crippen molar-refractivity contribution in [2.24, 2.45) is 0 Å². The molecule has 8 nitrogen and oxygen atoms in total. The number of amides is 2. The quantitative estimate of drug-likeness (QED) is 0.486. The number of ether oxygens (including phenoxy) is 3. The second-order valence-electron chi connectivity index (χ2n) is 7.85. The summed E-state index contributed by atoms with van der Waals surface area (Å²) in [5.74, 6) is 0.319. The smallest absolute Gasteiger partial charge is 0.261 e. The predicted octanol–water partition coefficient (Wildman–Crippen LogP) is 4.98. The van der Waals surface area contributed by atoms with Crippen LogP contribution in [0.5, 0.6) is 17.2 Å². The van der Waals surface area contributed by atoms with Crippen LogP contribution in [-0.4, -0.2) is 37.5 Å². The molecule has 1 aliphatic rings. The minimum absolute atomic E-state index is 0.0422. The van der Waals surface area contributed by atoms with Gasteiger partial charge in [-0.25, -0.2) is 0 Å². The van der Waals surface area contributed by atoms with Gasteiger partial charge in [0, 0.05) is 22.9 Å². The van der Waals surface area contributed by atoms with E-state index in [1.165, 1.54) is 12.0 Å². The van der Waals surface area contributed by atoms with E-state index in [1.54, 1.807) is 61.7 Å². The molecule has 0 spiro atoms. The summed E-state index contributed by atoms with van der Waals surface area (Å²) < 4.78 is 16.5.